The highest BCUT2D eigenvalue weighted by Crippen LogP contribution is 2.30. The molecule has 6 nitrogen and oxygen atoms in total. The molecular formula is C24H28ClN3O3S2. The maximum absolute atomic E-state index is 12.9. The van der Waals surface area contributed by atoms with Crippen LogP contribution in [-0.4, -0.2) is 49.7 Å². The molecule has 0 saturated carbocycles. The van der Waals surface area contributed by atoms with Gasteiger partial charge in [0.1, 0.15) is 0 Å². The van der Waals surface area contributed by atoms with Gasteiger partial charge in [-0.15, -0.1) is 11.3 Å². The Kier molecular flexibility index (Phi) is 7.26. The minimum absolute atomic E-state index is 0.000640. The average Bonchev–Trinajstić information content (AvgIpc) is 3.26. The Morgan fingerprint density at radius 2 is 1.85 bits per heavy atom. The molecule has 0 radical (unpaired) electrons. The lowest BCUT2D eigenvalue weighted by molar-refractivity contribution is -0.131. The van der Waals surface area contributed by atoms with E-state index >= 15 is 0 Å². The third kappa shape index (κ3) is 5.34. The van der Waals surface area contributed by atoms with Gasteiger partial charge in [0.2, 0.25) is 5.91 Å². The first-order valence-corrected chi connectivity index (χ1v) is 14.0. The number of amides is 1. The molecular weight excluding hydrogens is 478 g/mol. The molecule has 0 N–H and O–H groups in total. The van der Waals surface area contributed by atoms with Gasteiger partial charge in [-0.05, 0) is 60.7 Å². The molecule has 0 atom stereocenters. The topological polar surface area (TPSA) is 71.7 Å². The number of piperidine rings is 1. The molecule has 1 aliphatic heterocycles. The Bertz CT molecular complexity index is 1340. The molecule has 1 amide bonds. The SMILES string of the molecule is CCn1cc(C2CCN(C(=O)CCS(=O)(=O)c3ccc4cc(Cl)ccc4c3)CC2)sc1=NC. The van der Waals surface area contributed by atoms with Crippen LogP contribution in [0.3, 0.4) is 0 Å². The Labute approximate surface area is 203 Å². The van der Waals surface area contributed by atoms with Crippen LogP contribution in [0.2, 0.25) is 5.02 Å². The fraction of sp³-hybridized carbons (Fsp3) is 0.417. The van der Waals surface area contributed by atoms with Crippen molar-refractivity contribution in [1.82, 2.24) is 9.47 Å². The number of carbonyl (C=O) groups excluding carboxylic acids is 1. The molecule has 2 heterocycles. The standard InChI is InChI=1S/C24H28ClN3O3S2/c1-3-27-16-22(32-24(27)26-2)17-8-11-28(12-9-17)23(29)10-13-33(30,31)21-7-5-18-14-20(25)6-4-19(18)15-21/h4-7,14-17H,3,8-13H2,1-2H3. The number of hydrogen-bond donors (Lipinski definition) is 0. The van der Waals surface area contributed by atoms with E-state index in [-0.39, 0.29) is 23.0 Å². The summed E-state index contributed by atoms with van der Waals surface area (Å²) in [6.07, 6.45) is 3.96. The Morgan fingerprint density at radius 1 is 1.15 bits per heavy atom. The number of hydrogen-bond acceptors (Lipinski definition) is 5. The van der Waals surface area contributed by atoms with E-state index in [1.165, 1.54) is 4.88 Å². The van der Waals surface area contributed by atoms with Crippen LogP contribution in [0.1, 0.15) is 37.0 Å². The Balaban J connectivity index is 1.35. The van der Waals surface area contributed by atoms with E-state index in [4.69, 9.17) is 11.6 Å². The summed E-state index contributed by atoms with van der Waals surface area (Å²) in [5.41, 5.74) is 0. The molecule has 3 aromatic rings. The molecule has 9 heteroatoms. The molecule has 1 aromatic heterocycles. The summed E-state index contributed by atoms with van der Waals surface area (Å²) in [5.74, 6) is 0.138. The van der Waals surface area contributed by atoms with Crippen LogP contribution < -0.4 is 4.80 Å². The summed E-state index contributed by atoms with van der Waals surface area (Å²) in [4.78, 5) is 21.5. The molecule has 176 valence electrons. The van der Waals surface area contributed by atoms with Gasteiger partial charge in [-0.3, -0.25) is 9.79 Å². The largest absolute Gasteiger partial charge is 0.343 e. The molecule has 4 rings (SSSR count). The van der Waals surface area contributed by atoms with E-state index in [0.717, 1.165) is 35.0 Å². The highest BCUT2D eigenvalue weighted by Gasteiger charge is 2.26. The van der Waals surface area contributed by atoms with Gasteiger partial charge in [0.25, 0.3) is 0 Å². The fourth-order valence-electron chi connectivity index (χ4n) is 4.29. The summed E-state index contributed by atoms with van der Waals surface area (Å²) in [7, 11) is -1.74. The molecule has 1 aliphatic rings. The predicted molar refractivity (Wildman–Crippen MR) is 134 cm³/mol. The maximum Gasteiger partial charge on any atom is 0.223 e. The maximum atomic E-state index is 12.9. The number of thiazole rings is 1. The predicted octanol–water partition coefficient (Wildman–Crippen LogP) is 4.48. The number of halogens is 1. The van der Waals surface area contributed by atoms with Crippen molar-refractivity contribution in [2.75, 3.05) is 25.9 Å². The third-order valence-electron chi connectivity index (χ3n) is 6.24. The van der Waals surface area contributed by atoms with E-state index in [1.807, 2.05) is 7.05 Å². The lowest BCUT2D eigenvalue weighted by atomic mass is 9.95. The molecule has 33 heavy (non-hydrogen) atoms. The summed E-state index contributed by atoms with van der Waals surface area (Å²) in [6, 6.07) is 10.3. The minimum atomic E-state index is -3.55. The van der Waals surface area contributed by atoms with Crippen molar-refractivity contribution in [3.63, 3.8) is 0 Å². The van der Waals surface area contributed by atoms with E-state index in [1.54, 1.807) is 52.6 Å². The Morgan fingerprint density at radius 3 is 2.52 bits per heavy atom. The van der Waals surface area contributed by atoms with Crippen molar-refractivity contribution in [1.29, 1.82) is 0 Å². The van der Waals surface area contributed by atoms with Crippen LogP contribution in [0, 0.1) is 0 Å². The first kappa shape index (κ1) is 24.0. The zero-order chi connectivity index (χ0) is 23.6. The summed E-state index contributed by atoms with van der Waals surface area (Å²) < 4.78 is 27.9. The molecule has 2 aromatic carbocycles. The van der Waals surface area contributed by atoms with Crippen molar-refractivity contribution in [2.24, 2.45) is 4.99 Å². The molecule has 0 aliphatic carbocycles. The summed E-state index contributed by atoms with van der Waals surface area (Å²) in [5, 5.41) is 2.30. The van der Waals surface area contributed by atoms with Gasteiger partial charge in [0, 0.05) is 49.2 Å². The molecule has 0 bridgehead atoms. The lowest BCUT2D eigenvalue weighted by Gasteiger charge is -2.31. The third-order valence-corrected chi connectivity index (χ3v) is 9.46. The molecule has 1 fully saturated rings. The van der Waals surface area contributed by atoms with Crippen molar-refractivity contribution >= 4 is 49.5 Å². The number of benzene rings is 2. The number of rotatable bonds is 6. The molecule has 1 saturated heterocycles. The molecule has 0 unspecified atom stereocenters. The van der Waals surface area contributed by atoms with Gasteiger partial charge in [0.05, 0.1) is 10.6 Å². The Hall–Kier alpha value is -2.16. The van der Waals surface area contributed by atoms with Crippen LogP contribution >= 0.6 is 22.9 Å². The molecule has 0 spiro atoms. The smallest absolute Gasteiger partial charge is 0.223 e. The van der Waals surface area contributed by atoms with E-state index in [0.29, 0.717) is 24.0 Å². The number of likely N-dealkylation sites (tertiary alicyclic amines) is 1. The van der Waals surface area contributed by atoms with E-state index in [2.05, 4.69) is 22.7 Å². The van der Waals surface area contributed by atoms with E-state index in [9.17, 15) is 13.2 Å². The summed E-state index contributed by atoms with van der Waals surface area (Å²) >= 11 is 7.73. The number of aryl methyl sites for hydroxylation is 1. The normalized spacial score (nSPS) is 16.0. The first-order chi connectivity index (χ1) is 15.8. The number of sulfone groups is 1. The zero-order valence-electron chi connectivity index (χ0n) is 18.8. The minimum Gasteiger partial charge on any atom is -0.343 e. The van der Waals surface area contributed by atoms with Crippen LogP contribution in [0.15, 0.2) is 52.5 Å². The van der Waals surface area contributed by atoms with Crippen molar-refractivity contribution in [2.45, 2.75) is 43.5 Å². The summed E-state index contributed by atoms with van der Waals surface area (Å²) in [6.45, 7) is 4.31. The van der Waals surface area contributed by atoms with Crippen LogP contribution in [0.4, 0.5) is 0 Å². The lowest BCUT2D eigenvalue weighted by Crippen LogP contribution is -2.38. The fourth-order valence-corrected chi connectivity index (χ4v) is 6.91. The van der Waals surface area contributed by atoms with Crippen molar-refractivity contribution < 1.29 is 13.2 Å². The van der Waals surface area contributed by atoms with Gasteiger partial charge in [-0.1, -0.05) is 23.7 Å². The quantitative estimate of drug-likeness (QED) is 0.496. The highest BCUT2D eigenvalue weighted by molar-refractivity contribution is 7.91. The number of aromatic nitrogens is 1. The number of carbonyl (C=O) groups is 1. The van der Waals surface area contributed by atoms with Gasteiger partial charge >= 0.3 is 0 Å². The monoisotopic (exact) mass is 505 g/mol. The van der Waals surface area contributed by atoms with Crippen LogP contribution in [0.5, 0.6) is 0 Å². The van der Waals surface area contributed by atoms with Gasteiger partial charge in [-0.25, -0.2) is 8.42 Å². The van der Waals surface area contributed by atoms with Crippen LogP contribution in [0.25, 0.3) is 10.8 Å². The van der Waals surface area contributed by atoms with Crippen molar-refractivity contribution in [3.05, 3.63) is 57.3 Å². The first-order valence-electron chi connectivity index (χ1n) is 11.1. The second kappa shape index (κ2) is 9.99. The van der Waals surface area contributed by atoms with Gasteiger partial charge < -0.3 is 9.47 Å². The van der Waals surface area contributed by atoms with Crippen LogP contribution in [-0.2, 0) is 21.2 Å². The highest BCUT2D eigenvalue weighted by atomic mass is 35.5. The van der Waals surface area contributed by atoms with Crippen molar-refractivity contribution in [3.8, 4) is 0 Å². The van der Waals surface area contributed by atoms with Gasteiger partial charge in [0.15, 0.2) is 14.6 Å². The van der Waals surface area contributed by atoms with E-state index < -0.39 is 9.84 Å². The second-order valence-corrected chi connectivity index (χ2v) is 11.9. The number of nitrogens with zero attached hydrogens (tertiary/aromatic N) is 3. The average molecular weight is 506 g/mol. The van der Waals surface area contributed by atoms with Gasteiger partial charge in [-0.2, -0.15) is 0 Å². The zero-order valence-corrected chi connectivity index (χ0v) is 21.2. The second-order valence-electron chi connectivity index (χ2n) is 8.30. The number of fused-ring (bicyclic) bond motifs is 1.